The fraction of sp³-hybridized carbons (Fsp3) is 0.708. The SMILES string of the molecule is CC1(C)O[C@@H]2C[C@H]3[C@@H]4C[C@H](F)C5=CC(=O)C=C[C@]5(C)[C@@]4(F)[C@@H](O)C[C@]3(C)[C@]2(C(=O)C(=O)O)O1. The number of aliphatic hydroxyl groups is 1. The number of ether oxygens (including phenoxy) is 2. The highest BCUT2D eigenvalue weighted by Crippen LogP contribution is 2.72. The fourth-order valence-electron chi connectivity index (χ4n) is 7.86. The van der Waals surface area contributed by atoms with Crippen LogP contribution in [0.2, 0.25) is 0 Å². The van der Waals surface area contributed by atoms with Crippen LogP contribution >= 0.6 is 0 Å². The zero-order valence-corrected chi connectivity index (χ0v) is 18.9. The lowest BCUT2D eigenvalue weighted by Crippen LogP contribution is -2.71. The van der Waals surface area contributed by atoms with Gasteiger partial charge >= 0.3 is 5.97 Å². The molecule has 0 aromatic heterocycles. The van der Waals surface area contributed by atoms with Crippen molar-refractivity contribution in [2.45, 2.75) is 82.4 Å². The maximum Gasteiger partial charge on any atom is 0.375 e. The first-order valence-electron chi connectivity index (χ1n) is 11.3. The van der Waals surface area contributed by atoms with Gasteiger partial charge in [0.25, 0.3) is 5.78 Å². The topological polar surface area (TPSA) is 110 Å². The molecule has 4 aliphatic carbocycles. The van der Waals surface area contributed by atoms with E-state index in [1.807, 2.05) is 0 Å². The molecule has 5 rings (SSSR count). The van der Waals surface area contributed by atoms with Gasteiger partial charge in [0, 0.05) is 16.7 Å². The summed E-state index contributed by atoms with van der Waals surface area (Å²) in [5.74, 6) is -6.36. The van der Waals surface area contributed by atoms with Crippen molar-refractivity contribution < 1.29 is 42.9 Å². The molecule has 180 valence electrons. The second-order valence-corrected chi connectivity index (χ2v) is 11.1. The number of ketones is 2. The maximum atomic E-state index is 17.1. The summed E-state index contributed by atoms with van der Waals surface area (Å²) in [5.41, 5.74) is -7.14. The van der Waals surface area contributed by atoms with Gasteiger partial charge in [-0.2, -0.15) is 0 Å². The van der Waals surface area contributed by atoms with Crippen molar-refractivity contribution in [2.75, 3.05) is 0 Å². The van der Waals surface area contributed by atoms with E-state index in [9.17, 15) is 24.6 Å². The lowest BCUT2D eigenvalue weighted by atomic mass is 9.44. The van der Waals surface area contributed by atoms with Crippen LogP contribution in [0.4, 0.5) is 8.78 Å². The molecule has 0 spiro atoms. The van der Waals surface area contributed by atoms with Crippen LogP contribution in [-0.4, -0.2) is 63.2 Å². The summed E-state index contributed by atoms with van der Waals surface area (Å²) < 4.78 is 44.6. The molecule has 0 radical (unpaired) electrons. The Kier molecular flexibility index (Phi) is 4.40. The maximum absolute atomic E-state index is 17.1. The van der Waals surface area contributed by atoms with Crippen LogP contribution in [0, 0.1) is 22.7 Å². The number of carboxylic acids is 1. The molecule has 9 atom stereocenters. The van der Waals surface area contributed by atoms with Crippen LogP contribution in [0.5, 0.6) is 0 Å². The van der Waals surface area contributed by atoms with Gasteiger partial charge in [0.15, 0.2) is 22.8 Å². The Morgan fingerprint density at radius 3 is 2.45 bits per heavy atom. The molecule has 9 heteroatoms. The van der Waals surface area contributed by atoms with Crippen molar-refractivity contribution in [1.29, 1.82) is 0 Å². The van der Waals surface area contributed by atoms with Crippen molar-refractivity contribution in [3.63, 3.8) is 0 Å². The Morgan fingerprint density at radius 2 is 1.82 bits per heavy atom. The van der Waals surface area contributed by atoms with Gasteiger partial charge in [-0.05, 0) is 63.7 Å². The number of aliphatic carboxylic acids is 1. The molecule has 5 aliphatic rings. The Bertz CT molecular complexity index is 1040. The number of carbonyl (C=O) groups is 3. The molecular weight excluding hydrogens is 438 g/mol. The van der Waals surface area contributed by atoms with Gasteiger partial charge < -0.3 is 19.7 Å². The molecule has 1 saturated heterocycles. The van der Waals surface area contributed by atoms with Crippen LogP contribution in [0.25, 0.3) is 0 Å². The van der Waals surface area contributed by atoms with Crippen molar-refractivity contribution >= 4 is 17.5 Å². The Labute approximate surface area is 189 Å². The number of hydrogen-bond acceptors (Lipinski definition) is 6. The van der Waals surface area contributed by atoms with Crippen LogP contribution in [-0.2, 0) is 23.9 Å². The van der Waals surface area contributed by atoms with Gasteiger partial charge in [0.2, 0.25) is 0 Å². The van der Waals surface area contributed by atoms with E-state index < -0.39 is 75.6 Å². The first kappa shape index (κ1) is 22.8. The lowest BCUT2D eigenvalue weighted by Gasteiger charge is -2.63. The zero-order chi connectivity index (χ0) is 24.4. The molecule has 0 aromatic rings. The number of halogens is 2. The highest BCUT2D eigenvalue weighted by molar-refractivity contribution is 6.36. The molecule has 3 saturated carbocycles. The van der Waals surface area contributed by atoms with Crippen LogP contribution in [0.3, 0.4) is 0 Å². The lowest BCUT2D eigenvalue weighted by molar-refractivity contribution is -0.248. The molecule has 1 heterocycles. The van der Waals surface area contributed by atoms with E-state index in [-0.39, 0.29) is 24.8 Å². The standard InChI is InChI=1S/C24H28F2O7/c1-20(2)32-17-9-12-13-8-15(25)14-7-11(27)5-6-21(14,3)23(13,26)16(28)10-22(12,4)24(17,33-20)18(29)19(30)31/h5-7,12-13,15-17,28H,8-10H2,1-4H3,(H,30,31)/t12-,13-,15-,16-,17+,21-,22-,23-,24-/m0/s1. The molecule has 7 nitrogen and oxygen atoms in total. The quantitative estimate of drug-likeness (QED) is 0.602. The van der Waals surface area contributed by atoms with E-state index in [2.05, 4.69) is 0 Å². The predicted octanol–water partition coefficient (Wildman–Crippen LogP) is 2.46. The minimum atomic E-state index is -2.33. The Morgan fingerprint density at radius 1 is 1.15 bits per heavy atom. The minimum Gasteiger partial charge on any atom is -0.475 e. The number of fused-ring (bicyclic) bond motifs is 7. The third-order valence-electron chi connectivity index (χ3n) is 9.15. The van der Waals surface area contributed by atoms with Gasteiger partial charge in [-0.1, -0.05) is 13.0 Å². The number of aliphatic hydroxyl groups excluding tert-OH is 1. The zero-order valence-electron chi connectivity index (χ0n) is 18.9. The summed E-state index contributed by atoms with van der Waals surface area (Å²) >= 11 is 0. The summed E-state index contributed by atoms with van der Waals surface area (Å²) in [6, 6.07) is 0. The molecule has 0 bridgehead atoms. The molecule has 1 aliphatic heterocycles. The van der Waals surface area contributed by atoms with E-state index in [0.29, 0.717) is 0 Å². The van der Waals surface area contributed by atoms with E-state index in [0.717, 1.165) is 6.08 Å². The number of hydrogen-bond donors (Lipinski definition) is 2. The third-order valence-corrected chi connectivity index (χ3v) is 9.15. The van der Waals surface area contributed by atoms with Crippen molar-refractivity contribution in [3.05, 3.63) is 23.8 Å². The molecule has 0 amide bonds. The molecule has 33 heavy (non-hydrogen) atoms. The van der Waals surface area contributed by atoms with Gasteiger partial charge in [0.05, 0.1) is 12.2 Å². The van der Waals surface area contributed by atoms with Crippen molar-refractivity contribution in [2.24, 2.45) is 22.7 Å². The average molecular weight is 466 g/mol. The number of carboxylic acid groups (broad SMARTS) is 1. The number of Topliss-reactive ketones (excluding diaryl/α,β-unsaturated/α-hetero) is 1. The third kappa shape index (κ3) is 2.46. The van der Waals surface area contributed by atoms with E-state index in [4.69, 9.17) is 9.47 Å². The molecular formula is C24H28F2O7. The molecule has 2 N–H and O–H groups in total. The largest absolute Gasteiger partial charge is 0.475 e. The monoisotopic (exact) mass is 466 g/mol. The van der Waals surface area contributed by atoms with Crippen molar-refractivity contribution in [1.82, 2.24) is 0 Å². The average Bonchev–Trinajstić information content (AvgIpc) is 3.11. The summed E-state index contributed by atoms with van der Waals surface area (Å²) in [7, 11) is 0. The Balaban J connectivity index is 1.67. The highest BCUT2D eigenvalue weighted by Gasteiger charge is 2.81. The number of alkyl halides is 2. The number of rotatable bonds is 2. The summed E-state index contributed by atoms with van der Waals surface area (Å²) in [6.07, 6.45) is -1.13. The van der Waals surface area contributed by atoms with Crippen LogP contribution < -0.4 is 0 Å². The van der Waals surface area contributed by atoms with Gasteiger partial charge in [-0.15, -0.1) is 0 Å². The van der Waals surface area contributed by atoms with Gasteiger partial charge in [-0.25, -0.2) is 13.6 Å². The first-order chi connectivity index (χ1) is 15.1. The fourth-order valence-corrected chi connectivity index (χ4v) is 7.86. The Hall–Kier alpha value is -1.97. The molecule has 0 aromatic carbocycles. The first-order valence-corrected chi connectivity index (χ1v) is 11.3. The molecule has 4 fully saturated rings. The number of carbonyl (C=O) groups excluding carboxylic acids is 2. The number of allylic oxidation sites excluding steroid dienone is 4. The van der Waals surface area contributed by atoms with Crippen LogP contribution in [0.15, 0.2) is 23.8 Å². The normalized spacial score (nSPS) is 51.8. The van der Waals surface area contributed by atoms with Crippen molar-refractivity contribution in [3.8, 4) is 0 Å². The summed E-state index contributed by atoms with van der Waals surface area (Å²) in [4.78, 5) is 36.9. The van der Waals surface area contributed by atoms with E-state index in [1.165, 1.54) is 19.1 Å². The molecule has 0 unspecified atom stereocenters. The van der Waals surface area contributed by atoms with Gasteiger partial charge in [-0.3, -0.25) is 9.59 Å². The van der Waals surface area contributed by atoms with Gasteiger partial charge in [0.1, 0.15) is 6.17 Å². The summed E-state index contributed by atoms with van der Waals surface area (Å²) in [5, 5.41) is 21.0. The second-order valence-electron chi connectivity index (χ2n) is 11.1. The smallest absolute Gasteiger partial charge is 0.375 e. The highest BCUT2D eigenvalue weighted by atomic mass is 19.1. The summed E-state index contributed by atoms with van der Waals surface area (Å²) in [6.45, 7) is 6.24. The van der Waals surface area contributed by atoms with E-state index in [1.54, 1.807) is 20.8 Å². The van der Waals surface area contributed by atoms with Crippen LogP contribution in [0.1, 0.15) is 47.0 Å². The minimum absolute atomic E-state index is 0.000414. The predicted molar refractivity (Wildman–Crippen MR) is 109 cm³/mol. The second kappa shape index (κ2) is 6.37. The van der Waals surface area contributed by atoms with E-state index >= 15 is 8.78 Å².